The predicted octanol–water partition coefficient (Wildman–Crippen LogP) is 2.79. The molecule has 0 atom stereocenters. The third-order valence-corrected chi connectivity index (χ3v) is 3.52. The lowest BCUT2D eigenvalue weighted by molar-refractivity contribution is -0.115. The summed E-state index contributed by atoms with van der Waals surface area (Å²) in [5.74, 6) is -0.102. The Bertz CT molecular complexity index is 658. The van der Waals surface area contributed by atoms with Crippen LogP contribution in [0.2, 0.25) is 0 Å². The first-order valence-corrected chi connectivity index (χ1v) is 7.51. The third kappa shape index (κ3) is 4.05. The number of para-hydroxylation sites is 2. The lowest BCUT2D eigenvalue weighted by Crippen LogP contribution is -2.33. The van der Waals surface area contributed by atoms with Gasteiger partial charge in [-0.3, -0.25) is 4.79 Å². The van der Waals surface area contributed by atoms with Crippen LogP contribution in [-0.4, -0.2) is 24.0 Å². The van der Waals surface area contributed by atoms with Crippen molar-refractivity contribution in [2.75, 3.05) is 23.3 Å². The molecule has 0 fully saturated rings. The summed E-state index contributed by atoms with van der Waals surface area (Å²) in [6.45, 7) is 3.03. The number of carbonyl (C=O) groups is 1. The largest absolute Gasteiger partial charge is 0.389 e. The van der Waals surface area contributed by atoms with E-state index < -0.39 is 0 Å². The van der Waals surface area contributed by atoms with Crippen LogP contribution in [0, 0.1) is 0 Å². The molecule has 2 rings (SSSR count). The second kappa shape index (κ2) is 7.56. The molecule has 2 aromatic rings. The zero-order chi connectivity index (χ0) is 15.9. The number of benzene rings is 2. The van der Waals surface area contributed by atoms with Crippen LogP contribution >= 0.6 is 12.2 Å². The lowest BCUT2D eigenvalue weighted by atomic mass is 10.2. The summed E-state index contributed by atoms with van der Waals surface area (Å²) in [5.41, 5.74) is 8.01. The maximum absolute atomic E-state index is 12.3. The van der Waals surface area contributed by atoms with Gasteiger partial charge in [0.2, 0.25) is 5.91 Å². The second-order valence-electron chi connectivity index (χ2n) is 4.81. The van der Waals surface area contributed by atoms with E-state index in [9.17, 15) is 4.79 Å². The summed E-state index contributed by atoms with van der Waals surface area (Å²) >= 11 is 5.01. The topological polar surface area (TPSA) is 58.4 Å². The van der Waals surface area contributed by atoms with Crippen LogP contribution < -0.4 is 16.0 Å². The van der Waals surface area contributed by atoms with Crippen molar-refractivity contribution in [2.45, 2.75) is 6.92 Å². The van der Waals surface area contributed by atoms with E-state index in [4.69, 9.17) is 18.0 Å². The Balaban J connectivity index is 2.08. The molecule has 0 bridgehead atoms. The molecular formula is C17H19N3OS. The van der Waals surface area contributed by atoms with Gasteiger partial charge in [0.05, 0.1) is 12.2 Å². The predicted molar refractivity (Wildman–Crippen MR) is 95.3 cm³/mol. The highest BCUT2D eigenvalue weighted by atomic mass is 32.1. The Morgan fingerprint density at radius 3 is 2.41 bits per heavy atom. The van der Waals surface area contributed by atoms with Crippen LogP contribution in [-0.2, 0) is 4.79 Å². The molecule has 114 valence electrons. The Labute approximate surface area is 135 Å². The lowest BCUT2D eigenvalue weighted by Gasteiger charge is -2.22. The van der Waals surface area contributed by atoms with Gasteiger partial charge in [0.15, 0.2) is 0 Å². The van der Waals surface area contributed by atoms with E-state index in [1.807, 2.05) is 54.3 Å². The van der Waals surface area contributed by atoms with Crippen molar-refractivity contribution in [2.24, 2.45) is 5.73 Å². The molecule has 0 heterocycles. The number of amides is 1. The van der Waals surface area contributed by atoms with Crippen molar-refractivity contribution < 1.29 is 4.79 Å². The van der Waals surface area contributed by atoms with E-state index in [2.05, 4.69) is 5.32 Å². The first-order chi connectivity index (χ1) is 10.6. The number of hydrogen-bond donors (Lipinski definition) is 2. The number of rotatable bonds is 6. The van der Waals surface area contributed by atoms with Crippen LogP contribution in [0.3, 0.4) is 0 Å². The molecular weight excluding hydrogens is 294 g/mol. The number of nitrogens with two attached hydrogens (primary N) is 1. The van der Waals surface area contributed by atoms with Gasteiger partial charge >= 0.3 is 0 Å². The minimum absolute atomic E-state index is 0.102. The van der Waals surface area contributed by atoms with Gasteiger partial charge in [0.1, 0.15) is 4.99 Å². The fraction of sp³-hybridized carbons (Fsp3) is 0.176. The molecule has 4 nitrogen and oxygen atoms in total. The number of nitrogens with zero attached hydrogens (tertiary/aromatic N) is 1. The minimum atomic E-state index is -0.102. The Hall–Kier alpha value is -2.40. The van der Waals surface area contributed by atoms with Crippen molar-refractivity contribution in [1.29, 1.82) is 0 Å². The first kappa shape index (κ1) is 16.0. The number of anilines is 2. The molecule has 0 aliphatic carbocycles. The van der Waals surface area contributed by atoms with Crippen molar-refractivity contribution in [3.8, 4) is 0 Å². The van der Waals surface area contributed by atoms with Crippen molar-refractivity contribution in [3.05, 3.63) is 60.2 Å². The molecule has 0 radical (unpaired) electrons. The molecule has 22 heavy (non-hydrogen) atoms. The molecule has 0 aliphatic rings. The van der Waals surface area contributed by atoms with Crippen LogP contribution in [0.1, 0.15) is 12.5 Å². The fourth-order valence-corrected chi connectivity index (χ4v) is 2.37. The van der Waals surface area contributed by atoms with E-state index in [1.165, 1.54) is 0 Å². The summed E-state index contributed by atoms with van der Waals surface area (Å²) < 4.78 is 0. The first-order valence-electron chi connectivity index (χ1n) is 7.10. The molecule has 1 amide bonds. The van der Waals surface area contributed by atoms with Crippen LogP contribution in [0.25, 0.3) is 0 Å². The minimum Gasteiger partial charge on any atom is -0.389 e. The molecule has 3 N–H and O–H groups in total. The molecule has 0 aliphatic heterocycles. The summed E-state index contributed by atoms with van der Waals surface area (Å²) in [6.07, 6.45) is 0. The number of thiocarbonyl (C=S) groups is 1. The monoisotopic (exact) mass is 313 g/mol. The maximum Gasteiger partial charge on any atom is 0.243 e. The highest BCUT2D eigenvalue weighted by Gasteiger charge is 2.12. The van der Waals surface area contributed by atoms with Crippen molar-refractivity contribution in [1.82, 2.24) is 0 Å². The number of nitrogens with one attached hydrogen (secondary N) is 1. The Morgan fingerprint density at radius 1 is 1.14 bits per heavy atom. The van der Waals surface area contributed by atoms with Crippen LogP contribution in [0.5, 0.6) is 0 Å². The summed E-state index contributed by atoms with van der Waals surface area (Å²) in [6, 6.07) is 17.1. The Kier molecular flexibility index (Phi) is 5.49. The van der Waals surface area contributed by atoms with Gasteiger partial charge in [-0.2, -0.15) is 0 Å². The van der Waals surface area contributed by atoms with Gasteiger partial charge in [-0.05, 0) is 31.2 Å². The highest BCUT2D eigenvalue weighted by Crippen LogP contribution is 2.16. The molecule has 5 heteroatoms. The van der Waals surface area contributed by atoms with Gasteiger partial charge in [-0.25, -0.2) is 0 Å². The molecule has 2 aromatic carbocycles. The Morgan fingerprint density at radius 2 is 1.77 bits per heavy atom. The zero-order valence-corrected chi connectivity index (χ0v) is 13.3. The van der Waals surface area contributed by atoms with Crippen molar-refractivity contribution in [3.63, 3.8) is 0 Å². The average Bonchev–Trinajstić information content (AvgIpc) is 2.53. The molecule has 0 saturated heterocycles. The van der Waals surface area contributed by atoms with Gasteiger partial charge in [0, 0.05) is 17.8 Å². The standard InChI is InChI=1S/C17H19N3OS/c1-2-20(13-8-4-3-5-9-13)12-16(21)19-15-11-7-6-10-14(15)17(18)22/h3-11H,2,12H2,1H3,(H2,18,22)(H,19,21). The molecule has 0 aromatic heterocycles. The molecule has 0 saturated carbocycles. The molecule has 0 unspecified atom stereocenters. The van der Waals surface area contributed by atoms with Gasteiger partial charge < -0.3 is 16.0 Å². The quantitative estimate of drug-likeness (QED) is 0.805. The summed E-state index contributed by atoms with van der Waals surface area (Å²) in [5, 5.41) is 2.88. The summed E-state index contributed by atoms with van der Waals surface area (Å²) in [4.78, 5) is 14.6. The van der Waals surface area contributed by atoms with Gasteiger partial charge in [0.25, 0.3) is 0 Å². The average molecular weight is 313 g/mol. The SMILES string of the molecule is CCN(CC(=O)Nc1ccccc1C(N)=S)c1ccccc1. The highest BCUT2D eigenvalue weighted by molar-refractivity contribution is 7.80. The van der Waals surface area contributed by atoms with E-state index in [0.717, 1.165) is 12.2 Å². The smallest absolute Gasteiger partial charge is 0.243 e. The number of likely N-dealkylation sites (N-methyl/N-ethyl adjacent to an activating group) is 1. The molecule has 0 spiro atoms. The summed E-state index contributed by atoms with van der Waals surface area (Å²) in [7, 11) is 0. The number of hydrogen-bond acceptors (Lipinski definition) is 3. The van der Waals surface area contributed by atoms with Gasteiger partial charge in [-0.15, -0.1) is 0 Å². The zero-order valence-electron chi connectivity index (χ0n) is 12.5. The normalized spacial score (nSPS) is 10.0. The second-order valence-corrected chi connectivity index (χ2v) is 5.25. The van der Waals surface area contributed by atoms with Crippen LogP contribution in [0.4, 0.5) is 11.4 Å². The fourth-order valence-electron chi connectivity index (χ4n) is 2.19. The van der Waals surface area contributed by atoms with E-state index in [1.54, 1.807) is 12.1 Å². The van der Waals surface area contributed by atoms with E-state index in [0.29, 0.717) is 11.3 Å². The maximum atomic E-state index is 12.3. The van der Waals surface area contributed by atoms with E-state index >= 15 is 0 Å². The van der Waals surface area contributed by atoms with Crippen molar-refractivity contribution >= 4 is 34.5 Å². The number of carbonyl (C=O) groups excluding carboxylic acids is 1. The van der Waals surface area contributed by atoms with Gasteiger partial charge in [-0.1, -0.05) is 42.5 Å². The third-order valence-electron chi connectivity index (χ3n) is 3.30. The van der Waals surface area contributed by atoms with Crippen LogP contribution in [0.15, 0.2) is 54.6 Å². The van der Waals surface area contributed by atoms with E-state index in [-0.39, 0.29) is 17.4 Å².